The van der Waals surface area contributed by atoms with E-state index in [0.717, 1.165) is 21.5 Å². The van der Waals surface area contributed by atoms with Crippen LogP contribution in [0.25, 0.3) is 0 Å². The third kappa shape index (κ3) is 3.81. The molecule has 0 aliphatic rings. The fourth-order valence-electron chi connectivity index (χ4n) is 1.60. The normalized spacial score (nSPS) is 10.3. The predicted octanol–water partition coefficient (Wildman–Crippen LogP) is 3.90. The molecule has 1 aromatic carbocycles. The maximum Gasteiger partial charge on any atom is 0.156 e. The van der Waals surface area contributed by atoms with Crippen LogP contribution in [-0.2, 0) is 6.54 Å². The number of ether oxygens (including phenoxy) is 1. The molecule has 1 N–H and O–H groups in total. The zero-order valence-corrected chi connectivity index (χ0v) is 12.7. The summed E-state index contributed by atoms with van der Waals surface area (Å²) in [6.07, 6.45) is 5.03. The molecule has 19 heavy (non-hydrogen) atoms. The lowest BCUT2D eigenvalue weighted by atomic mass is 10.2. The summed E-state index contributed by atoms with van der Waals surface area (Å²) in [5.41, 5.74) is 1.83. The molecule has 0 amide bonds. The molecule has 0 saturated carbocycles. The fourth-order valence-corrected chi connectivity index (χ4v) is 2.53. The van der Waals surface area contributed by atoms with Gasteiger partial charge in [-0.3, -0.25) is 0 Å². The maximum absolute atomic E-state index is 6.05. The molecule has 0 spiro atoms. The van der Waals surface area contributed by atoms with Crippen LogP contribution in [0.1, 0.15) is 12.5 Å². The summed E-state index contributed by atoms with van der Waals surface area (Å²) in [4.78, 5) is 7.95. The Morgan fingerprint density at radius 1 is 1.32 bits per heavy atom. The SMILES string of the molecule is CCOc1c(Br)cc(Cl)cc1NCc1cncnc1. The average molecular weight is 343 g/mol. The molecule has 1 aromatic heterocycles. The first-order valence-corrected chi connectivity index (χ1v) is 6.97. The van der Waals surface area contributed by atoms with E-state index in [4.69, 9.17) is 16.3 Å². The molecule has 1 heterocycles. The maximum atomic E-state index is 6.05. The standard InChI is InChI=1S/C13H13BrClN3O/c1-2-19-13-11(14)3-10(15)4-12(13)18-7-9-5-16-8-17-6-9/h3-6,8,18H,2,7H2,1H3. The van der Waals surface area contributed by atoms with Crippen LogP contribution in [-0.4, -0.2) is 16.6 Å². The number of halogens is 2. The van der Waals surface area contributed by atoms with Crippen molar-refractivity contribution < 1.29 is 4.74 Å². The van der Waals surface area contributed by atoms with Crippen molar-refractivity contribution in [3.05, 3.63) is 45.9 Å². The van der Waals surface area contributed by atoms with E-state index in [1.807, 2.05) is 19.1 Å². The van der Waals surface area contributed by atoms with E-state index in [9.17, 15) is 0 Å². The smallest absolute Gasteiger partial charge is 0.156 e. The second kappa shape index (κ2) is 6.73. The van der Waals surface area contributed by atoms with Crippen LogP contribution in [0, 0.1) is 0 Å². The molecule has 0 unspecified atom stereocenters. The fraction of sp³-hybridized carbons (Fsp3) is 0.231. The number of aromatic nitrogens is 2. The van der Waals surface area contributed by atoms with Crippen molar-refractivity contribution in [3.63, 3.8) is 0 Å². The second-order valence-electron chi connectivity index (χ2n) is 3.80. The third-order valence-corrected chi connectivity index (χ3v) is 3.20. The Morgan fingerprint density at radius 3 is 2.74 bits per heavy atom. The predicted molar refractivity (Wildman–Crippen MR) is 79.7 cm³/mol. The molecule has 0 saturated heterocycles. The largest absolute Gasteiger partial charge is 0.491 e. The van der Waals surface area contributed by atoms with Crippen LogP contribution in [0.5, 0.6) is 5.75 Å². The zero-order valence-electron chi connectivity index (χ0n) is 10.4. The first kappa shape index (κ1) is 14.1. The lowest BCUT2D eigenvalue weighted by Gasteiger charge is -2.14. The highest BCUT2D eigenvalue weighted by atomic mass is 79.9. The Balaban J connectivity index is 2.19. The van der Waals surface area contributed by atoms with E-state index in [1.54, 1.807) is 12.4 Å². The number of nitrogens with zero attached hydrogens (tertiary/aromatic N) is 2. The minimum atomic E-state index is 0.587. The molecule has 4 nitrogen and oxygen atoms in total. The lowest BCUT2D eigenvalue weighted by molar-refractivity contribution is 0.339. The Morgan fingerprint density at radius 2 is 2.05 bits per heavy atom. The Labute approximate surface area is 125 Å². The van der Waals surface area contributed by atoms with E-state index in [0.29, 0.717) is 18.2 Å². The third-order valence-electron chi connectivity index (χ3n) is 2.39. The minimum absolute atomic E-state index is 0.587. The molecule has 0 radical (unpaired) electrons. The monoisotopic (exact) mass is 341 g/mol. The second-order valence-corrected chi connectivity index (χ2v) is 5.09. The lowest BCUT2D eigenvalue weighted by Crippen LogP contribution is -2.04. The molecule has 0 bridgehead atoms. The van der Waals surface area contributed by atoms with Crippen LogP contribution >= 0.6 is 27.5 Å². The minimum Gasteiger partial charge on any atom is -0.491 e. The van der Waals surface area contributed by atoms with Gasteiger partial charge < -0.3 is 10.1 Å². The number of hydrogen-bond donors (Lipinski definition) is 1. The quantitative estimate of drug-likeness (QED) is 0.895. The molecule has 2 aromatic rings. The van der Waals surface area contributed by atoms with Gasteiger partial charge in [0.1, 0.15) is 6.33 Å². The van der Waals surface area contributed by atoms with Crippen molar-refractivity contribution in [1.29, 1.82) is 0 Å². The number of hydrogen-bond acceptors (Lipinski definition) is 4. The highest BCUT2D eigenvalue weighted by Gasteiger charge is 2.10. The van der Waals surface area contributed by atoms with Gasteiger partial charge in [-0.15, -0.1) is 0 Å². The van der Waals surface area contributed by atoms with Gasteiger partial charge in [0, 0.05) is 29.5 Å². The molecule has 0 aliphatic carbocycles. The molecule has 0 fully saturated rings. The van der Waals surface area contributed by atoms with Crippen LogP contribution in [0.15, 0.2) is 35.3 Å². The summed E-state index contributed by atoms with van der Waals surface area (Å²) >= 11 is 9.50. The first-order valence-electron chi connectivity index (χ1n) is 5.80. The van der Waals surface area contributed by atoms with Crippen molar-refractivity contribution in [3.8, 4) is 5.75 Å². The van der Waals surface area contributed by atoms with Crippen molar-refractivity contribution in [2.75, 3.05) is 11.9 Å². The van der Waals surface area contributed by atoms with Crippen LogP contribution < -0.4 is 10.1 Å². The summed E-state index contributed by atoms with van der Waals surface area (Å²) in [6, 6.07) is 3.64. The van der Waals surface area contributed by atoms with Crippen molar-refractivity contribution in [2.45, 2.75) is 13.5 Å². The Hall–Kier alpha value is -1.33. The highest BCUT2D eigenvalue weighted by Crippen LogP contribution is 2.36. The summed E-state index contributed by atoms with van der Waals surface area (Å²) in [6.45, 7) is 3.13. The number of rotatable bonds is 5. The van der Waals surface area contributed by atoms with Crippen LogP contribution in [0.3, 0.4) is 0 Å². The summed E-state index contributed by atoms with van der Waals surface area (Å²) < 4.78 is 6.44. The van der Waals surface area contributed by atoms with E-state index >= 15 is 0 Å². The summed E-state index contributed by atoms with van der Waals surface area (Å²) in [5, 5.41) is 3.92. The van der Waals surface area contributed by atoms with Crippen molar-refractivity contribution in [2.24, 2.45) is 0 Å². The van der Waals surface area contributed by atoms with E-state index in [2.05, 4.69) is 31.2 Å². The number of anilines is 1. The topological polar surface area (TPSA) is 47.0 Å². The Bertz CT molecular complexity index is 551. The first-order chi connectivity index (χ1) is 9.20. The van der Waals surface area contributed by atoms with Gasteiger partial charge in [0.25, 0.3) is 0 Å². The molecule has 2 rings (SSSR count). The van der Waals surface area contributed by atoms with Crippen LogP contribution in [0.2, 0.25) is 5.02 Å². The highest BCUT2D eigenvalue weighted by molar-refractivity contribution is 9.10. The van der Waals surface area contributed by atoms with Crippen LogP contribution in [0.4, 0.5) is 5.69 Å². The molecular formula is C13H13BrClN3O. The van der Waals surface area contributed by atoms with Crippen molar-refractivity contribution in [1.82, 2.24) is 9.97 Å². The van der Waals surface area contributed by atoms with Gasteiger partial charge in [-0.2, -0.15) is 0 Å². The molecule has 0 atom stereocenters. The summed E-state index contributed by atoms with van der Waals surface area (Å²) in [7, 11) is 0. The molecule has 100 valence electrons. The summed E-state index contributed by atoms with van der Waals surface area (Å²) in [5.74, 6) is 0.753. The van der Waals surface area contributed by atoms with Gasteiger partial charge in [-0.25, -0.2) is 9.97 Å². The molecule has 0 aliphatic heterocycles. The average Bonchev–Trinajstić information content (AvgIpc) is 2.41. The Kier molecular flexibility index (Phi) is 4.99. The van der Waals surface area contributed by atoms with Crippen molar-refractivity contribution >= 4 is 33.2 Å². The number of nitrogens with one attached hydrogen (secondary N) is 1. The van der Waals surface area contributed by atoms with Gasteiger partial charge in [0.2, 0.25) is 0 Å². The van der Waals surface area contributed by atoms with E-state index in [1.165, 1.54) is 6.33 Å². The van der Waals surface area contributed by atoms with Gasteiger partial charge in [-0.1, -0.05) is 11.6 Å². The van der Waals surface area contributed by atoms with Gasteiger partial charge >= 0.3 is 0 Å². The molecule has 6 heteroatoms. The number of benzene rings is 1. The van der Waals surface area contributed by atoms with Gasteiger partial charge in [-0.05, 0) is 35.0 Å². The van der Waals surface area contributed by atoms with Gasteiger partial charge in [0.15, 0.2) is 5.75 Å². The zero-order chi connectivity index (χ0) is 13.7. The van der Waals surface area contributed by atoms with Gasteiger partial charge in [0.05, 0.1) is 16.8 Å². The van der Waals surface area contributed by atoms with E-state index in [-0.39, 0.29) is 0 Å². The van der Waals surface area contributed by atoms with E-state index < -0.39 is 0 Å². The molecular weight excluding hydrogens is 330 g/mol.